The Balaban J connectivity index is 2.25. The molecule has 1 aliphatic heterocycles. The highest BCUT2D eigenvalue weighted by atomic mass is 16.4. The topological polar surface area (TPSA) is 134 Å². The minimum Gasteiger partial charge on any atom is -0.480 e. The second kappa shape index (κ2) is 12.4. The number of hydrogen-bond donors (Lipinski definition) is 4. The molecule has 10 heteroatoms. The van der Waals surface area contributed by atoms with Crippen LogP contribution in [0.1, 0.15) is 19.4 Å². The molecule has 0 saturated carbocycles. The van der Waals surface area contributed by atoms with Crippen LogP contribution in [0.3, 0.4) is 0 Å². The molecule has 1 fully saturated rings. The average Bonchev–Trinajstić information content (AvgIpc) is 2.74. The van der Waals surface area contributed by atoms with Gasteiger partial charge in [-0.05, 0) is 38.0 Å². The summed E-state index contributed by atoms with van der Waals surface area (Å²) in [5.41, 5.74) is 2.02. The molecule has 1 saturated heterocycles. The Bertz CT molecular complexity index is 770. The second-order valence-electron chi connectivity index (χ2n) is 8.52. The quantitative estimate of drug-likeness (QED) is 0.401. The number of aliphatic carboxylic acids is 3. The molecule has 0 aromatic heterocycles. The van der Waals surface area contributed by atoms with Crippen molar-refractivity contribution in [3.63, 3.8) is 0 Å². The summed E-state index contributed by atoms with van der Waals surface area (Å²) in [6, 6.07) is 8.03. The van der Waals surface area contributed by atoms with E-state index in [4.69, 9.17) is 0 Å². The van der Waals surface area contributed by atoms with Gasteiger partial charge in [-0.1, -0.05) is 12.1 Å². The van der Waals surface area contributed by atoms with Crippen LogP contribution in [0.2, 0.25) is 0 Å². The van der Waals surface area contributed by atoms with Crippen molar-refractivity contribution < 1.29 is 29.7 Å². The fraction of sp³-hybridized carbons (Fsp3) is 0.591. The van der Waals surface area contributed by atoms with Crippen molar-refractivity contribution in [3.8, 4) is 0 Å². The number of benzene rings is 1. The van der Waals surface area contributed by atoms with Gasteiger partial charge in [0.05, 0.1) is 19.6 Å². The Labute approximate surface area is 188 Å². The Morgan fingerprint density at radius 2 is 1.41 bits per heavy atom. The van der Waals surface area contributed by atoms with E-state index in [-0.39, 0.29) is 25.7 Å². The first-order chi connectivity index (χ1) is 15.1. The minimum absolute atomic E-state index is 0.170. The van der Waals surface area contributed by atoms with E-state index < -0.39 is 17.9 Å². The zero-order valence-corrected chi connectivity index (χ0v) is 18.7. The molecule has 1 aromatic rings. The molecule has 1 heterocycles. The number of nitrogens with one attached hydrogen (secondary N) is 1. The molecule has 0 amide bonds. The van der Waals surface area contributed by atoms with Gasteiger partial charge in [0, 0.05) is 50.5 Å². The third-order valence-electron chi connectivity index (χ3n) is 5.36. The summed E-state index contributed by atoms with van der Waals surface area (Å²) in [4.78, 5) is 39.5. The van der Waals surface area contributed by atoms with E-state index in [9.17, 15) is 29.7 Å². The SMILES string of the molecule is CC(C)Nc1ccc(CC2CN(CC(=O)O)CCN(CC(=O)O)CCN2CC(=O)O)cc1. The average molecular weight is 451 g/mol. The van der Waals surface area contributed by atoms with E-state index in [0.29, 0.717) is 45.2 Å². The van der Waals surface area contributed by atoms with E-state index in [0.717, 1.165) is 11.3 Å². The number of anilines is 1. The van der Waals surface area contributed by atoms with Gasteiger partial charge in [-0.3, -0.25) is 29.1 Å². The van der Waals surface area contributed by atoms with Gasteiger partial charge in [-0.15, -0.1) is 0 Å². The molecule has 0 aliphatic carbocycles. The summed E-state index contributed by atoms with van der Waals surface area (Å²) in [6.07, 6.45) is 0.560. The molecule has 32 heavy (non-hydrogen) atoms. The van der Waals surface area contributed by atoms with Crippen LogP contribution in [0.5, 0.6) is 0 Å². The number of rotatable bonds is 10. The number of carboxylic acid groups (broad SMARTS) is 3. The molecule has 0 bridgehead atoms. The molecule has 1 atom stereocenters. The molecular formula is C22H34N4O6. The monoisotopic (exact) mass is 450 g/mol. The first-order valence-corrected chi connectivity index (χ1v) is 10.8. The zero-order chi connectivity index (χ0) is 23.7. The maximum Gasteiger partial charge on any atom is 0.317 e. The van der Waals surface area contributed by atoms with Gasteiger partial charge >= 0.3 is 17.9 Å². The molecule has 4 N–H and O–H groups in total. The Morgan fingerprint density at radius 3 is 1.97 bits per heavy atom. The maximum atomic E-state index is 11.6. The van der Waals surface area contributed by atoms with Crippen molar-refractivity contribution in [2.45, 2.75) is 32.4 Å². The summed E-state index contributed by atoms with van der Waals surface area (Å²) < 4.78 is 0. The smallest absolute Gasteiger partial charge is 0.317 e. The normalized spacial score (nSPS) is 19.2. The predicted octanol–water partition coefficient (Wildman–Crippen LogP) is 0.591. The highest BCUT2D eigenvalue weighted by Gasteiger charge is 2.27. The van der Waals surface area contributed by atoms with Crippen LogP contribution < -0.4 is 5.32 Å². The Morgan fingerprint density at radius 1 is 0.875 bits per heavy atom. The number of hydrogen-bond acceptors (Lipinski definition) is 7. The van der Waals surface area contributed by atoms with Crippen molar-refractivity contribution in [2.75, 3.05) is 57.7 Å². The number of nitrogens with zero attached hydrogens (tertiary/aromatic N) is 3. The first kappa shape index (κ1) is 25.6. The predicted molar refractivity (Wildman–Crippen MR) is 120 cm³/mol. The van der Waals surface area contributed by atoms with Crippen LogP contribution in [-0.4, -0.2) is 112 Å². The van der Waals surface area contributed by atoms with Crippen molar-refractivity contribution in [1.29, 1.82) is 0 Å². The van der Waals surface area contributed by atoms with Crippen LogP contribution >= 0.6 is 0 Å². The third-order valence-corrected chi connectivity index (χ3v) is 5.36. The molecule has 178 valence electrons. The van der Waals surface area contributed by atoms with Gasteiger partial charge in [0.15, 0.2) is 0 Å². The molecule has 0 spiro atoms. The fourth-order valence-electron chi connectivity index (χ4n) is 3.95. The minimum atomic E-state index is -0.972. The third kappa shape index (κ3) is 9.21. The van der Waals surface area contributed by atoms with Gasteiger partial charge in [-0.2, -0.15) is 0 Å². The summed E-state index contributed by atoms with van der Waals surface area (Å²) in [5, 5.41) is 31.3. The Hall–Kier alpha value is -2.69. The lowest BCUT2D eigenvalue weighted by atomic mass is 10.0. The van der Waals surface area contributed by atoms with Gasteiger partial charge < -0.3 is 20.6 Å². The molecule has 1 aliphatic rings. The summed E-state index contributed by atoms with van der Waals surface area (Å²) in [5.74, 6) is -2.91. The van der Waals surface area contributed by atoms with Gasteiger partial charge in [0.25, 0.3) is 0 Å². The first-order valence-electron chi connectivity index (χ1n) is 10.8. The van der Waals surface area contributed by atoms with Crippen molar-refractivity contribution in [3.05, 3.63) is 29.8 Å². The van der Waals surface area contributed by atoms with Gasteiger partial charge in [0.2, 0.25) is 0 Å². The highest BCUT2D eigenvalue weighted by molar-refractivity contribution is 5.70. The molecule has 10 nitrogen and oxygen atoms in total. The summed E-state index contributed by atoms with van der Waals surface area (Å²) in [6.45, 7) is 5.53. The zero-order valence-electron chi connectivity index (χ0n) is 18.7. The van der Waals surface area contributed by atoms with Crippen LogP contribution in [-0.2, 0) is 20.8 Å². The van der Waals surface area contributed by atoms with E-state index >= 15 is 0 Å². The van der Waals surface area contributed by atoms with Crippen molar-refractivity contribution in [1.82, 2.24) is 14.7 Å². The molecule has 1 aromatic carbocycles. The van der Waals surface area contributed by atoms with Crippen molar-refractivity contribution >= 4 is 23.6 Å². The van der Waals surface area contributed by atoms with E-state index in [2.05, 4.69) is 19.2 Å². The van der Waals surface area contributed by atoms with E-state index in [1.54, 1.807) is 9.80 Å². The molecule has 2 rings (SSSR count). The Kier molecular flexibility index (Phi) is 9.89. The fourth-order valence-corrected chi connectivity index (χ4v) is 3.95. The molecule has 0 radical (unpaired) electrons. The van der Waals surface area contributed by atoms with Gasteiger partial charge in [-0.25, -0.2) is 0 Å². The van der Waals surface area contributed by atoms with Crippen LogP contribution in [0.25, 0.3) is 0 Å². The van der Waals surface area contributed by atoms with Crippen LogP contribution in [0.15, 0.2) is 24.3 Å². The van der Waals surface area contributed by atoms with Gasteiger partial charge in [0.1, 0.15) is 0 Å². The van der Waals surface area contributed by atoms with E-state index in [1.807, 2.05) is 29.2 Å². The lowest BCUT2D eigenvalue weighted by Crippen LogP contribution is -2.49. The molecule has 1 unspecified atom stereocenters. The summed E-state index contributed by atoms with van der Waals surface area (Å²) >= 11 is 0. The number of carboxylic acids is 3. The largest absolute Gasteiger partial charge is 0.480 e. The highest BCUT2D eigenvalue weighted by Crippen LogP contribution is 2.16. The summed E-state index contributed by atoms with van der Waals surface area (Å²) in [7, 11) is 0. The lowest BCUT2D eigenvalue weighted by molar-refractivity contribution is -0.140. The number of carbonyl (C=O) groups is 3. The van der Waals surface area contributed by atoms with Crippen LogP contribution in [0.4, 0.5) is 5.69 Å². The standard InChI is InChI=1S/C22H34N4O6/c1-16(2)23-18-5-3-17(4-6-18)11-19-12-25(14-21(29)30)8-7-24(13-20(27)28)9-10-26(19)15-22(31)32/h3-6,16,19,23H,7-15H2,1-2H3,(H,27,28)(H,29,30)(H,31,32). The molecular weight excluding hydrogens is 416 g/mol. The van der Waals surface area contributed by atoms with E-state index in [1.165, 1.54) is 0 Å². The van der Waals surface area contributed by atoms with Crippen molar-refractivity contribution in [2.24, 2.45) is 0 Å². The second-order valence-corrected chi connectivity index (χ2v) is 8.52. The maximum absolute atomic E-state index is 11.6. The lowest BCUT2D eigenvalue weighted by Gasteiger charge is -2.33. The van der Waals surface area contributed by atoms with Crippen LogP contribution in [0, 0.1) is 0 Å².